The van der Waals surface area contributed by atoms with Crippen molar-refractivity contribution < 1.29 is 17.8 Å². The van der Waals surface area contributed by atoms with Gasteiger partial charge in [0.25, 0.3) is 5.69 Å². The highest BCUT2D eigenvalue weighted by Gasteiger charge is 2.17. The fraction of sp³-hybridized carbons (Fsp3) is 0.182. The molecular formula is C11H11N3O5S. The third kappa shape index (κ3) is 3.19. The van der Waals surface area contributed by atoms with Crippen molar-refractivity contribution in [3.8, 4) is 0 Å². The molecule has 9 heteroatoms. The van der Waals surface area contributed by atoms with Crippen molar-refractivity contribution in [1.82, 2.24) is 9.71 Å². The van der Waals surface area contributed by atoms with E-state index in [-0.39, 0.29) is 17.1 Å². The lowest BCUT2D eigenvalue weighted by molar-refractivity contribution is -0.385. The first-order chi connectivity index (χ1) is 9.38. The Balaban J connectivity index is 2.17. The van der Waals surface area contributed by atoms with Gasteiger partial charge in [0.15, 0.2) is 5.89 Å². The Kier molecular flexibility index (Phi) is 3.81. The number of nitro groups is 1. The fourth-order valence-corrected chi connectivity index (χ4v) is 2.54. The van der Waals surface area contributed by atoms with E-state index in [1.165, 1.54) is 24.5 Å². The van der Waals surface area contributed by atoms with E-state index < -0.39 is 14.9 Å². The van der Waals surface area contributed by atoms with Crippen LogP contribution < -0.4 is 4.72 Å². The molecule has 0 aliphatic carbocycles. The Hall–Kier alpha value is -2.26. The number of aromatic nitrogens is 1. The monoisotopic (exact) mass is 297 g/mol. The number of hydrogen-bond acceptors (Lipinski definition) is 6. The summed E-state index contributed by atoms with van der Waals surface area (Å²) in [6.07, 6.45) is 1.34. The molecular weight excluding hydrogens is 286 g/mol. The maximum Gasteiger partial charge on any atom is 0.270 e. The first kappa shape index (κ1) is 14.2. The number of rotatable bonds is 5. The third-order valence-electron chi connectivity index (χ3n) is 2.45. The predicted octanol–water partition coefficient (Wildman–Crippen LogP) is 1.37. The van der Waals surface area contributed by atoms with Crippen molar-refractivity contribution in [1.29, 1.82) is 0 Å². The zero-order valence-electron chi connectivity index (χ0n) is 10.4. The van der Waals surface area contributed by atoms with Gasteiger partial charge >= 0.3 is 0 Å². The second-order valence-corrected chi connectivity index (χ2v) is 5.70. The average Bonchev–Trinajstić information content (AvgIpc) is 2.82. The van der Waals surface area contributed by atoms with Gasteiger partial charge in [-0.3, -0.25) is 10.1 Å². The Morgan fingerprint density at radius 1 is 1.45 bits per heavy atom. The molecule has 8 nitrogen and oxygen atoms in total. The summed E-state index contributed by atoms with van der Waals surface area (Å²) < 4.78 is 31.2. The van der Waals surface area contributed by atoms with E-state index in [1.54, 1.807) is 6.92 Å². The number of nitro benzene ring substituents is 1. The maximum absolute atomic E-state index is 12.0. The van der Waals surface area contributed by atoms with Crippen LogP contribution in [0.2, 0.25) is 0 Å². The molecule has 20 heavy (non-hydrogen) atoms. The van der Waals surface area contributed by atoms with Gasteiger partial charge in [-0.1, -0.05) is 6.07 Å². The first-order valence-corrected chi connectivity index (χ1v) is 7.02. The van der Waals surface area contributed by atoms with Gasteiger partial charge < -0.3 is 4.42 Å². The largest absolute Gasteiger partial charge is 0.449 e. The van der Waals surface area contributed by atoms with Crippen LogP contribution in [0.25, 0.3) is 0 Å². The van der Waals surface area contributed by atoms with Crippen LogP contribution >= 0.6 is 0 Å². The van der Waals surface area contributed by atoms with Gasteiger partial charge in [-0.05, 0) is 6.07 Å². The van der Waals surface area contributed by atoms with Gasteiger partial charge in [0.2, 0.25) is 10.0 Å². The molecule has 1 aromatic heterocycles. The van der Waals surface area contributed by atoms with Crippen LogP contribution in [-0.2, 0) is 16.6 Å². The molecule has 1 aromatic carbocycles. The summed E-state index contributed by atoms with van der Waals surface area (Å²) in [5, 5.41) is 10.6. The second-order valence-electron chi connectivity index (χ2n) is 3.94. The maximum atomic E-state index is 12.0. The van der Waals surface area contributed by atoms with Gasteiger partial charge in [-0.15, -0.1) is 0 Å². The molecule has 0 aliphatic rings. The van der Waals surface area contributed by atoms with Gasteiger partial charge in [-0.2, -0.15) is 0 Å². The summed E-state index contributed by atoms with van der Waals surface area (Å²) in [6.45, 7) is 1.58. The molecule has 0 radical (unpaired) electrons. The van der Waals surface area contributed by atoms with Crippen molar-refractivity contribution in [2.45, 2.75) is 18.4 Å². The Bertz CT molecular complexity index is 738. The summed E-state index contributed by atoms with van der Waals surface area (Å²) in [5.41, 5.74) is 0.140. The number of oxazole rings is 1. The molecule has 0 unspecified atom stereocenters. The zero-order valence-corrected chi connectivity index (χ0v) is 11.3. The van der Waals surface area contributed by atoms with Crippen LogP contribution in [0.4, 0.5) is 5.69 Å². The standard InChI is InChI=1S/C11H11N3O5S/c1-8-13-9(7-19-8)6-12-20(17,18)11-4-2-3-10(5-11)14(15)16/h2-5,7,12H,6H2,1H3. The molecule has 106 valence electrons. The lowest BCUT2D eigenvalue weighted by Gasteiger charge is -2.04. The van der Waals surface area contributed by atoms with Crippen LogP contribution in [0.3, 0.4) is 0 Å². The molecule has 2 aromatic rings. The average molecular weight is 297 g/mol. The van der Waals surface area contributed by atoms with Crippen LogP contribution in [0.5, 0.6) is 0 Å². The Morgan fingerprint density at radius 3 is 2.80 bits per heavy atom. The van der Waals surface area contributed by atoms with E-state index in [0.29, 0.717) is 11.6 Å². The minimum absolute atomic E-state index is 0.0532. The number of aryl methyl sites for hydroxylation is 1. The van der Waals surface area contributed by atoms with Crippen molar-refractivity contribution in [3.63, 3.8) is 0 Å². The Morgan fingerprint density at radius 2 is 2.20 bits per heavy atom. The summed E-state index contributed by atoms with van der Waals surface area (Å²) >= 11 is 0. The fourth-order valence-electron chi connectivity index (χ4n) is 1.51. The van der Waals surface area contributed by atoms with E-state index in [2.05, 4.69) is 9.71 Å². The van der Waals surface area contributed by atoms with Crippen LogP contribution in [0.15, 0.2) is 39.8 Å². The SMILES string of the molecule is Cc1nc(CNS(=O)(=O)c2cccc([N+](=O)[O-])c2)co1. The molecule has 0 saturated carbocycles. The summed E-state index contributed by atoms with van der Waals surface area (Å²) in [4.78, 5) is 13.8. The van der Waals surface area contributed by atoms with Crippen LogP contribution in [0, 0.1) is 17.0 Å². The van der Waals surface area contributed by atoms with Gasteiger partial charge in [0.1, 0.15) is 6.26 Å². The normalized spacial score (nSPS) is 11.4. The van der Waals surface area contributed by atoms with Crippen molar-refractivity contribution >= 4 is 15.7 Å². The van der Waals surface area contributed by atoms with Crippen molar-refractivity contribution in [2.24, 2.45) is 0 Å². The lowest BCUT2D eigenvalue weighted by Crippen LogP contribution is -2.23. The topological polar surface area (TPSA) is 115 Å². The number of hydrogen-bond donors (Lipinski definition) is 1. The Labute approximate surface area is 114 Å². The number of sulfonamides is 1. The summed E-state index contributed by atoms with van der Waals surface area (Å²) in [7, 11) is -3.84. The highest BCUT2D eigenvalue weighted by Crippen LogP contribution is 2.17. The van der Waals surface area contributed by atoms with Gasteiger partial charge in [0, 0.05) is 19.1 Å². The van der Waals surface area contributed by atoms with E-state index in [4.69, 9.17) is 4.42 Å². The predicted molar refractivity (Wildman–Crippen MR) is 68.4 cm³/mol. The van der Waals surface area contributed by atoms with E-state index in [0.717, 1.165) is 6.07 Å². The third-order valence-corrected chi connectivity index (χ3v) is 3.85. The zero-order chi connectivity index (χ0) is 14.8. The quantitative estimate of drug-likeness (QED) is 0.658. The summed E-state index contributed by atoms with van der Waals surface area (Å²) in [5.74, 6) is 0.426. The van der Waals surface area contributed by atoms with E-state index in [9.17, 15) is 18.5 Å². The molecule has 0 atom stereocenters. The molecule has 1 heterocycles. The smallest absolute Gasteiger partial charge is 0.270 e. The summed E-state index contributed by atoms with van der Waals surface area (Å²) in [6, 6.07) is 4.81. The molecule has 0 bridgehead atoms. The minimum atomic E-state index is -3.84. The van der Waals surface area contributed by atoms with E-state index in [1.807, 2.05) is 0 Å². The minimum Gasteiger partial charge on any atom is -0.449 e. The van der Waals surface area contributed by atoms with E-state index >= 15 is 0 Å². The van der Waals surface area contributed by atoms with Crippen molar-refractivity contribution in [2.75, 3.05) is 0 Å². The molecule has 0 saturated heterocycles. The number of nitrogens with zero attached hydrogens (tertiary/aromatic N) is 2. The lowest BCUT2D eigenvalue weighted by atomic mass is 10.3. The van der Waals surface area contributed by atoms with Crippen LogP contribution in [-0.4, -0.2) is 18.3 Å². The van der Waals surface area contributed by atoms with Crippen LogP contribution in [0.1, 0.15) is 11.6 Å². The van der Waals surface area contributed by atoms with Gasteiger partial charge in [-0.25, -0.2) is 18.1 Å². The number of nitrogens with one attached hydrogen (secondary N) is 1. The molecule has 2 rings (SSSR count). The molecule has 0 aliphatic heterocycles. The molecule has 0 spiro atoms. The molecule has 0 amide bonds. The highest BCUT2D eigenvalue weighted by atomic mass is 32.2. The molecule has 0 fully saturated rings. The second kappa shape index (κ2) is 5.39. The first-order valence-electron chi connectivity index (χ1n) is 5.53. The number of non-ortho nitro benzene ring substituents is 1. The van der Waals surface area contributed by atoms with Gasteiger partial charge in [0.05, 0.1) is 22.1 Å². The highest BCUT2D eigenvalue weighted by molar-refractivity contribution is 7.89. The molecule has 1 N–H and O–H groups in total. The van der Waals surface area contributed by atoms with Crippen molar-refractivity contribution in [3.05, 3.63) is 52.2 Å². The number of benzene rings is 1.